The first kappa shape index (κ1) is 21.4. The molecule has 5 heteroatoms. The largest absolute Gasteiger partial charge is 0.395 e. The predicted molar refractivity (Wildman–Crippen MR) is 125 cm³/mol. The Morgan fingerprint density at radius 2 is 1.50 bits per heavy atom. The summed E-state index contributed by atoms with van der Waals surface area (Å²) < 4.78 is 0. The maximum atomic E-state index is 12.1. The summed E-state index contributed by atoms with van der Waals surface area (Å²) in [5.41, 5.74) is 6.26. The fraction of sp³-hybridized carbons (Fsp3) is 0.148. The van der Waals surface area contributed by atoms with E-state index in [1.165, 1.54) is 5.56 Å². The molecular formula is C27H25N3O2. The molecule has 160 valence electrons. The summed E-state index contributed by atoms with van der Waals surface area (Å²) >= 11 is 0. The van der Waals surface area contributed by atoms with Crippen LogP contribution in [0.25, 0.3) is 11.1 Å². The van der Waals surface area contributed by atoms with Gasteiger partial charge in [-0.25, -0.2) is 0 Å². The van der Waals surface area contributed by atoms with Crippen molar-refractivity contribution in [2.75, 3.05) is 13.2 Å². The molecule has 2 N–H and O–H groups in total. The van der Waals surface area contributed by atoms with Crippen molar-refractivity contribution < 1.29 is 9.90 Å². The Morgan fingerprint density at radius 3 is 2.09 bits per heavy atom. The minimum absolute atomic E-state index is 0.0771. The van der Waals surface area contributed by atoms with Crippen molar-refractivity contribution in [3.8, 4) is 11.1 Å². The Morgan fingerprint density at radius 1 is 0.844 bits per heavy atom. The molecule has 0 spiro atoms. The number of nitrogens with one attached hydrogen (secondary N) is 1. The van der Waals surface area contributed by atoms with Gasteiger partial charge in [-0.2, -0.15) is 0 Å². The molecular weight excluding hydrogens is 398 g/mol. The molecule has 2 aromatic heterocycles. The molecule has 32 heavy (non-hydrogen) atoms. The monoisotopic (exact) mass is 423 g/mol. The predicted octanol–water partition coefficient (Wildman–Crippen LogP) is 4.24. The summed E-state index contributed by atoms with van der Waals surface area (Å²) in [6.45, 7) is 0.166. The average molecular weight is 424 g/mol. The Labute approximate surface area is 187 Å². The normalized spacial score (nSPS) is 10.8. The maximum Gasteiger partial charge on any atom is 0.251 e. The Bertz CT molecular complexity index is 1110. The van der Waals surface area contributed by atoms with Crippen LogP contribution in [0.5, 0.6) is 0 Å². The van der Waals surface area contributed by atoms with E-state index in [2.05, 4.69) is 45.6 Å². The van der Waals surface area contributed by atoms with Gasteiger partial charge in [-0.1, -0.05) is 48.5 Å². The van der Waals surface area contributed by atoms with Gasteiger partial charge in [-0.05, 0) is 58.5 Å². The number of aliphatic hydroxyl groups excluding tert-OH is 1. The highest BCUT2D eigenvalue weighted by atomic mass is 16.3. The Balaban J connectivity index is 1.65. The fourth-order valence-electron chi connectivity index (χ4n) is 3.86. The molecule has 5 nitrogen and oxygen atoms in total. The first-order chi connectivity index (χ1) is 15.8. The number of rotatable bonds is 8. The van der Waals surface area contributed by atoms with E-state index >= 15 is 0 Å². The summed E-state index contributed by atoms with van der Waals surface area (Å²) in [5.74, 6) is -0.0609. The van der Waals surface area contributed by atoms with E-state index in [-0.39, 0.29) is 25.0 Å². The van der Waals surface area contributed by atoms with Crippen LogP contribution in [-0.4, -0.2) is 34.1 Å². The van der Waals surface area contributed by atoms with Gasteiger partial charge < -0.3 is 10.4 Å². The molecule has 0 bridgehead atoms. The quantitative estimate of drug-likeness (QED) is 0.445. The standard InChI is InChI=1S/C27H25N3O2/c31-16-15-30-27(32)21-11-9-20(10-12-21)25-8-2-1-5-22(25)17-26(23-6-3-13-28-18-23)24-7-4-14-29-19-24/h1-14,18-19,26,31H,15-17H2,(H,30,32). The fourth-order valence-corrected chi connectivity index (χ4v) is 3.86. The SMILES string of the molecule is O=C(NCCO)c1ccc(-c2ccccc2CC(c2cccnc2)c2cccnc2)cc1. The summed E-state index contributed by atoms with van der Waals surface area (Å²) in [6, 6.07) is 24.1. The lowest BCUT2D eigenvalue weighted by Gasteiger charge is -2.20. The number of hydrogen-bond donors (Lipinski definition) is 2. The number of nitrogens with zero attached hydrogens (tertiary/aromatic N) is 2. The van der Waals surface area contributed by atoms with Crippen LogP contribution >= 0.6 is 0 Å². The van der Waals surface area contributed by atoms with Crippen LogP contribution in [0, 0.1) is 0 Å². The molecule has 0 fully saturated rings. The molecule has 2 heterocycles. The lowest BCUT2D eigenvalue weighted by atomic mass is 9.85. The van der Waals surface area contributed by atoms with Gasteiger partial charge >= 0.3 is 0 Å². The number of carbonyl (C=O) groups excluding carboxylic acids is 1. The van der Waals surface area contributed by atoms with Crippen molar-refractivity contribution in [1.82, 2.24) is 15.3 Å². The number of aliphatic hydroxyl groups is 1. The highest BCUT2D eigenvalue weighted by Gasteiger charge is 2.18. The first-order valence-electron chi connectivity index (χ1n) is 10.6. The van der Waals surface area contributed by atoms with Crippen LogP contribution < -0.4 is 5.32 Å². The highest BCUT2D eigenvalue weighted by molar-refractivity contribution is 5.94. The highest BCUT2D eigenvalue weighted by Crippen LogP contribution is 2.32. The lowest BCUT2D eigenvalue weighted by molar-refractivity contribution is 0.0945. The zero-order valence-electron chi connectivity index (χ0n) is 17.7. The molecule has 0 saturated carbocycles. The van der Waals surface area contributed by atoms with E-state index in [0.717, 1.165) is 28.7 Å². The summed E-state index contributed by atoms with van der Waals surface area (Å²) in [7, 11) is 0. The van der Waals surface area contributed by atoms with Crippen molar-refractivity contribution in [2.45, 2.75) is 12.3 Å². The Kier molecular flexibility index (Phi) is 7.00. The second-order valence-corrected chi connectivity index (χ2v) is 7.54. The molecule has 0 saturated heterocycles. The lowest BCUT2D eigenvalue weighted by Crippen LogP contribution is -2.26. The van der Waals surface area contributed by atoms with Crippen LogP contribution in [0.1, 0.15) is 33.0 Å². The van der Waals surface area contributed by atoms with Gasteiger partial charge in [0.2, 0.25) is 0 Å². The van der Waals surface area contributed by atoms with Gasteiger partial charge in [0.25, 0.3) is 5.91 Å². The van der Waals surface area contributed by atoms with E-state index in [0.29, 0.717) is 5.56 Å². The van der Waals surface area contributed by atoms with Crippen LogP contribution in [0.3, 0.4) is 0 Å². The van der Waals surface area contributed by atoms with Gasteiger partial charge in [-0.3, -0.25) is 14.8 Å². The third-order valence-corrected chi connectivity index (χ3v) is 5.47. The van der Waals surface area contributed by atoms with E-state index in [4.69, 9.17) is 5.11 Å². The average Bonchev–Trinajstić information content (AvgIpc) is 2.87. The van der Waals surface area contributed by atoms with Gasteiger partial charge in [0, 0.05) is 42.8 Å². The molecule has 4 rings (SSSR count). The van der Waals surface area contributed by atoms with E-state index in [9.17, 15) is 4.79 Å². The smallest absolute Gasteiger partial charge is 0.251 e. The Hall–Kier alpha value is -3.83. The van der Waals surface area contributed by atoms with Crippen molar-refractivity contribution in [1.29, 1.82) is 0 Å². The number of pyridine rings is 2. The number of amides is 1. The van der Waals surface area contributed by atoms with Crippen molar-refractivity contribution in [3.05, 3.63) is 120 Å². The second kappa shape index (κ2) is 10.5. The van der Waals surface area contributed by atoms with Crippen molar-refractivity contribution in [2.24, 2.45) is 0 Å². The number of hydrogen-bond acceptors (Lipinski definition) is 4. The van der Waals surface area contributed by atoms with Gasteiger partial charge in [0.1, 0.15) is 0 Å². The zero-order valence-corrected chi connectivity index (χ0v) is 17.7. The number of benzene rings is 2. The van der Waals surface area contributed by atoms with Gasteiger partial charge in [-0.15, -0.1) is 0 Å². The zero-order chi connectivity index (χ0) is 22.2. The van der Waals surface area contributed by atoms with Crippen LogP contribution in [0.15, 0.2) is 97.6 Å². The molecule has 4 aromatic rings. The molecule has 0 aliphatic carbocycles. The number of carbonyl (C=O) groups is 1. The molecule has 0 radical (unpaired) electrons. The van der Waals surface area contributed by atoms with E-state index < -0.39 is 0 Å². The van der Waals surface area contributed by atoms with E-state index in [1.807, 2.05) is 54.9 Å². The molecule has 0 aliphatic heterocycles. The first-order valence-corrected chi connectivity index (χ1v) is 10.6. The minimum Gasteiger partial charge on any atom is -0.395 e. The molecule has 0 unspecified atom stereocenters. The van der Waals surface area contributed by atoms with Crippen LogP contribution in [-0.2, 0) is 6.42 Å². The van der Waals surface area contributed by atoms with Crippen molar-refractivity contribution in [3.63, 3.8) is 0 Å². The molecule has 2 aromatic carbocycles. The van der Waals surface area contributed by atoms with E-state index in [1.54, 1.807) is 12.4 Å². The van der Waals surface area contributed by atoms with Crippen molar-refractivity contribution >= 4 is 5.91 Å². The number of aromatic nitrogens is 2. The van der Waals surface area contributed by atoms with Gasteiger partial charge in [0.05, 0.1) is 6.61 Å². The molecule has 0 atom stereocenters. The third-order valence-electron chi connectivity index (χ3n) is 5.47. The topological polar surface area (TPSA) is 75.1 Å². The van der Waals surface area contributed by atoms with Crippen LogP contribution in [0.4, 0.5) is 0 Å². The minimum atomic E-state index is -0.188. The molecule has 0 aliphatic rings. The summed E-state index contributed by atoms with van der Waals surface area (Å²) in [6.07, 6.45) is 8.21. The maximum absolute atomic E-state index is 12.1. The summed E-state index contributed by atoms with van der Waals surface area (Å²) in [4.78, 5) is 20.8. The second-order valence-electron chi connectivity index (χ2n) is 7.54. The van der Waals surface area contributed by atoms with Crippen LogP contribution in [0.2, 0.25) is 0 Å². The van der Waals surface area contributed by atoms with Gasteiger partial charge in [0.15, 0.2) is 0 Å². The summed E-state index contributed by atoms with van der Waals surface area (Å²) in [5, 5.41) is 11.6. The molecule has 1 amide bonds. The third kappa shape index (κ3) is 5.07.